The van der Waals surface area contributed by atoms with Crippen LogP contribution in [0.25, 0.3) is 0 Å². The van der Waals surface area contributed by atoms with Crippen LogP contribution < -0.4 is 5.73 Å². The highest BCUT2D eigenvalue weighted by molar-refractivity contribution is 6.43. The smallest absolute Gasteiger partial charge is 0.426 e. The molecule has 5 nitrogen and oxygen atoms in total. The monoisotopic (exact) mass is 268 g/mol. The number of rotatable bonds is 3. The lowest BCUT2D eigenvalue weighted by Crippen LogP contribution is -2.56. The van der Waals surface area contributed by atoms with Crippen molar-refractivity contribution in [3.8, 4) is 0 Å². The van der Waals surface area contributed by atoms with Crippen molar-refractivity contribution >= 4 is 13.0 Å². The Bertz CT molecular complexity index is 332. The van der Waals surface area contributed by atoms with Gasteiger partial charge >= 0.3 is 7.12 Å². The highest BCUT2D eigenvalue weighted by atomic mass is 16.4. The molecule has 0 aromatic heterocycles. The zero-order valence-corrected chi connectivity index (χ0v) is 11.7. The summed E-state index contributed by atoms with van der Waals surface area (Å²) < 4.78 is 0. The molecule has 2 fully saturated rings. The highest BCUT2D eigenvalue weighted by Crippen LogP contribution is 2.39. The summed E-state index contributed by atoms with van der Waals surface area (Å²) in [7, 11) is -1.46. The Morgan fingerprint density at radius 2 is 1.95 bits per heavy atom. The molecule has 2 rings (SSSR count). The van der Waals surface area contributed by atoms with Gasteiger partial charge in [0.15, 0.2) is 0 Å². The van der Waals surface area contributed by atoms with Crippen molar-refractivity contribution in [2.24, 2.45) is 11.1 Å². The van der Waals surface area contributed by atoms with Crippen molar-refractivity contribution in [3.63, 3.8) is 0 Å². The maximum absolute atomic E-state index is 12.5. The molecule has 1 aliphatic heterocycles. The minimum atomic E-state index is -1.46. The molecule has 1 amide bonds. The van der Waals surface area contributed by atoms with Crippen LogP contribution in [-0.2, 0) is 4.79 Å². The van der Waals surface area contributed by atoms with E-state index < -0.39 is 19.1 Å². The van der Waals surface area contributed by atoms with Crippen molar-refractivity contribution in [1.29, 1.82) is 0 Å². The fourth-order valence-corrected chi connectivity index (χ4v) is 3.52. The molecule has 1 heterocycles. The molecule has 6 heteroatoms. The number of carbonyl (C=O) groups is 1. The molecule has 0 radical (unpaired) electrons. The van der Waals surface area contributed by atoms with Gasteiger partial charge in [0.05, 0.1) is 12.0 Å². The number of carbonyl (C=O) groups excluding carboxylic acids is 1. The van der Waals surface area contributed by atoms with Gasteiger partial charge in [0.25, 0.3) is 0 Å². The van der Waals surface area contributed by atoms with Gasteiger partial charge in [-0.25, -0.2) is 0 Å². The number of nitrogens with zero attached hydrogens (tertiary/aromatic N) is 1. The summed E-state index contributed by atoms with van der Waals surface area (Å²) in [5.41, 5.74) is 6.08. The summed E-state index contributed by atoms with van der Waals surface area (Å²) in [6, 6.07) is -0.521. The Kier molecular flexibility index (Phi) is 4.53. The molecular weight excluding hydrogens is 243 g/mol. The average molecular weight is 268 g/mol. The van der Waals surface area contributed by atoms with E-state index in [1.165, 1.54) is 6.42 Å². The van der Waals surface area contributed by atoms with Crippen LogP contribution in [0.3, 0.4) is 0 Å². The van der Waals surface area contributed by atoms with E-state index in [-0.39, 0.29) is 11.3 Å². The van der Waals surface area contributed by atoms with Crippen molar-refractivity contribution < 1.29 is 14.8 Å². The molecule has 108 valence electrons. The molecule has 2 atom stereocenters. The van der Waals surface area contributed by atoms with Gasteiger partial charge < -0.3 is 20.7 Å². The molecule has 1 saturated carbocycles. The predicted octanol–water partition coefficient (Wildman–Crippen LogP) is 0.287. The van der Waals surface area contributed by atoms with E-state index in [1.54, 1.807) is 4.90 Å². The maximum Gasteiger partial charge on any atom is 0.475 e. The van der Waals surface area contributed by atoms with Gasteiger partial charge in [-0.15, -0.1) is 0 Å². The van der Waals surface area contributed by atoms with Crippen molar-refractivity contribution in [2.45, 2.75) is 63.9 Å². The summed E-state index contributed by atoms with van der Waals surface area (Å²) in [5.74, 6) is -0.592. The number of amides is 1. The van der Waals surface area contributed by atoms with E-state index in [2.05, 4.69) is 6.92 Å². The number of hydrogen-bond donors (Lipinski definition) is 3. The molecule has 1 aliphatic carbocycles. The van der Waals surface area contributed by atoms with Crippen molar-refractivity contribution in [1.82, 2.24) is 4.90 Å². The first kappa shape index (κ1) is 14.8. The van der Waals surface area contributed by atoms with Crippen LogP contribution in [0.1, 0.15) is 51.9 Å². The molecule has 0 unspecified atom stereocenters. The van der Waals surface area contributed by atoms with E-state index in [1.807, 2.05) is 0 Å². The maximum atomic E-state index is 12.5. The van der Waals surface area contributed by atoms with Gasteiger partial charge in [-0.3, -0.25) is 4.79 Å². The van der Waals surface area contributed by atoms with E-state index in [4.69, 9.17) is 5.73 Å². The third-order valence-electron chi connectivity index (χ3n) is 4.94. The second kappa shape index (κ2) is 5.81. The van der Waals surface area contributed by atoms with Crippen molar-refractivity contribution in [3.05, 3.63) is 0 Å². The van der Waals surface area contributed by atoms with E-state index in [0.29, 0.717) is 13.0 Å². The summed E-state index contributed by atoms with van der Waals surface area (Å²) in [6.07, 6.45) is 6.91. The van der Waals surface area contributed by atoms with Gasteiger partial charge in [-0.1, -0.05) is 26.2 Å². The molecule has 4 N–H and O–H groups in total. The van der Waals surface area contributed by atoms with Crippen LogP contribution in [0.15, 0.2) is 0 Å². The summed E-state index contributed by atoms with van der Waals surface area (Å²) in [4.78, 5) is 14.1. The lowest BCUT2D eigenvalue weighted by Gasteiger charge is -2.40. The van der Waals surface area contributed by atoms with E-state index in [0.717, 1.165) is 32.1 Å². The van der Waals surface area contributed by atoms with Gasteiger partial charge in [0.2, 0.25) is 5.91 Å². The fraction of sp³-hybridized carbons (Fsp3) is 0.923. The Morgan fingerprint density at radius 3 is 2.53 bits per heavy atom. The second-order valence-electron chi connectivity index (χ2n) is 6.35. The quantitative estimate of drug-likeness (QED) is 0.642. The standard InChI is InChI=1S/C13H25BN2O3/c1-13(7-3-2-4-8-13)11(15)12(17)16-9-5-6-10(16)14(18)19/h10-11,18-19H,2-9,15H2,1H3/t10-,11+/m0/s1. The summed E-state index contributed by atoms with van der Waals surface area (Å²) in [6.45, 7) is 2.68. The van der Waals surface area contributed by atoms with Gasteiger partial charge in [0.1, 0.15) is 0 Å². The zero-order chi connectivity index (χ0) is 14.0. The van der Waals surface area contributed by atoms with Gasteiger partial charge in [-0.2, -0.15) is 0 Å². The topological polar surface area (TPSA) is 86.8 Å². The molecule has 0 spiro atoms. The van der Waals surface area contributed by atoms with E-state index in [9.17, 15) is 14.8 Å². The van der Waals surface area contributed by atoms with Crippen LogP contribution in [0.4, 0.5) is 0 Å². The summed E-state index contributed by atoms with van der Waals surface area (Å²) in [5, 5.41) is 18.7. The lowest BCUT2D eigenvalue weighted by molar-refractivity contribution is -0.136. The third-order valence-corrected chi connectivity index (χ3v) is 4.94. The first-order valence-electron chi connectivity index (χ1n) is 7.38. The van der Waals surface area contributed by atoms with Crippen LogP contribution in [0.2, 0.25) is 0 Å². The van der Waals surface area contributed by atoms with Gasteiger partial charge in [0, 0.05) is 6.54 Å². The predicted molar refractivity (Wildman–Crippen MR) is 74.1 cm³/mol. The van der Waals surface area contributed by atoms with E-state index >= 15 is 0 Å². The van der Waals surface area contributed by atoms with Crippen LogP contribution >= 0.6 is 0 Å². The highest BCUT2D eigenvalue weighted by Gasteiger charge is 2.44. The molecule has 2 aliphatic rings. The minimum absolute atomic E-state index is 0.111. The fourth-order valence-electron chi connectivity index (χ4n) is 3.52. The molecule has 0 aromatic rings. The molecule has 19 heavy (non-hydrogen) atoms. The number of likely N-dealkylation sites (tertiary alicyclic amines) is 1. The number of nitrogens with two attached hydrogens (primary N) is 1. The Hall–Kier alpha value is -0.585. The Morgan fingerprint density at radius 1 is 1.32 bits per heavy atom. The SMILES string of the molecule is CC1([C@H](N)C(=O)N2CCC[C@H]2B(O)O)CCCCC1. The van der Waals surface area contributed by atoms with Crippen LogP contribution in [0.5, 0.6) is 0 Å². The first-order chi connectivity index (χ1) is 8.96. The second-order valence-corrected chi connectivity index (χ2v) is 6.35. The number of hydrogen-bond acceptors (Lipinski definition) is 4. The third kappa shape index (κ3) is 2.96. The normalized spacial score (nSPS) is 28.2. The Labute approximate surface area is 115 Å². The molecular formula is C13H25BN2O3. The minimum Gasteiger partial charge on any atom is -0.426 e. The first-order valence-corrected chi connectivity index (χ1v) is 7.38. The molecule has 1 saturated heterocycles. The largest absolute Gasteiger partial charge is 0.475 e. The lowest BCUT2D eigenvalue weighted by atomic mass is 9.70. The molecule has 0 aromatic carbocycles. The van der Waals surface area contributed by atoms with Crippen molar-refractivity contribution in [2.75, 3.05) is 6.54 Å². The Balaban J connectivity index is 2.05. The average Bonchev–Trinajstić information content (AvgIpc) is 2.87. The van der Waals surface area contributed by atoms with Gasteiger partial charge in [-0.05, 0) is 31.1 Å². The van der Waals surface area contributed by atoms with Crippen LogP contribution in [-0.4, -0.2) is 46.5 Å². The molecule has 0 bridgehead atoms. The summed E-state index contributed by atoms with van der Waals surface area (Å²) >= 11 is 0. The zero-order valence-electron chi connectivity index (χ0n) is 11.7. The van der Waals surface area contributed by atoms with Crippen LogP contribution in [0, 0.1) is 5.41 Å².